The number of piperidine rings is 4. The van der Waals surface area contributed by atoms with Gasteiger partial charge in [-0.05, 0) is 158 Å². The predicted molar refractivity (Wildman–Crippen MR) is 290 cm³/mol. The van der Waals surface area contributed by atoms with Gasteiger partial charge in [0.05, 0.1) is 34.6 Å². The normalized spacial score (nSPS) is 25.2. The summed E-state index contributed by atoms with van der Waals surface area (Å²) >= 11 is 0. The third kappa shape index (κ3) is 9.42. The molecule has 16 heteroatoms. The molecule has 6 fully saturated rings. The minimum absolute atomic E-state index is 0.0221. The number of aromatic nitrogens is 3. The number of imidazole rings is 1. The van der Waals surface area contributed by atoms with Gasteiger partial charge in [0.2, 0.25) is 29.5 Å². The highest BCUT2D eigenvalue weighted by Crippen LogP contribution is 2.52. The van der Waals surface area contributed by atoms with Gasteiger partial charge in [-0.25, -0.2) is 14.4 Å². The summed E-state index contributed by atoms with van der Waals surface area (Å²) in [7, 11) is 0. The van der Waals surface area contributed by atoms with Crippen molar-refractivity contribution in [3.63, 3.8) is 0 Å². The summed E-state index contributed by atoms with van der Waals surface area (Å²) in [4.78, 5) is 86.1. The van der Waals surface area contributed by atoms with Crippen LogP contribution in [0.25, 0.3) is 22.3 Å². The van der Waals surface area contributed by atoms with Gasteiger partial charge in [0.1, 0.15) is 11.3 Å². The molecule has 2 saturated carbocycles. The number of pyridine rings is 1. The highest BCUT2D eigenvalue weighted by atomic mass is 19.1. The van der Waals surface area contributed by atoms with E-state index in [0.717, 1.165) is 90.7 Å². The Balaban J connectivity index is 0.699. The number of halogens is 1. The molecule has 4 saturated heterocycles. The number of benzene rings is 3. The van der Waals surface area contributed by atoms with Gasteiger partial charge in [-0.1, -0.05) is 42.8 Å². The number of carbonyl (C=O) groups excluding carboxylic acids is 5. The smallest absolute Gasteiger partial charge is 0.238 e. The first-order chi connectivity index (χ1) is 36.9. The number of likely N-dealkylation sites (tertiary alicyclic amines) is 3. The second-order valence-electron chi connectivity index (χ2n) is 23.2. The lowest BCUT2D eigenvalue weighted by molar-refractivity contribution is -0.144. The Bertz CT molecular complexity index is 3030. The molecule has 15 nitrogen and oxygen atoms in total. The maximum Gasteiger partial charge on any atom is 0.238 e. The zero-order chi connectivity index (χ0) is 52.2. The fourth-order valence-corrected chi connectivity index (χ4v) is 13.8. The Hall–Kier alpha value is -6.68. The summed E-state index contributed by atoms with van der Waals surface area (Å²) in [6.07, 6.45) is 14.1. The van der Waals surface area contributed by atoms with Crippen molar-refractivity contribution in [2.24, 2.45) is 11.8 Å². The van der Waals surface area contributed by atoms with Crippen LogP contribution < -0.4 is 20.9 Å². The van der Waals surface area contributed by atoms with Crippen LogP contribution >= 0.6 is 0 Å². The summed E-state index contributed by atoms with van der Waals surface area (Å²) in [5.41, 5.74) is 6.50. The fraction of sp³-hybridized carbons (Fsp3) is 0.517. The molecule has 7 aliphatic rings. The Labute approximate surface area is 444 Å². The van der Waals surface area contributed by atoms with Crippen molar-refractivity contribution in [1.82, 2.24) is 34.6 Å². The molecule has 1 atom stereocenters. The van der Waals surface area contributed by atoms with E-state index in [-0.39, 0.29) is 71.2 Å². The number of para-hydroxylation sites is 1. The molecule has 2 aromatic heterocycles. The number of fused-ring (bicyclic) bond motifs is 3. The SMILES string of the molecule is CC(C)n1cnc2cc(-c3ccc4c(c3)N(C3CC(N5CCCCC5)C3)C(=O)C43CCN(C(=O)C4CCN(C(=O)C5CCC(Nc6ccc([C@H]7CCC(=O)NC7=O)cc6)CC5)CC4)CC3)nc(Nc3ccccc3F)c21. The summed E-state index contributed by atoms with van der Waals surface area (Å²) in [5, 5.41) is 9.36. The minimum Gasteiger partial charge on any atom is -0.382 e. The largest absolute Gasteiger partial charge is 0.382 e. The molecule has 7 heterocycles. The molecule has 76 heavy (non-hydrogen) atoms. The van der Waals surface area contributed by atoms with Gasteiger partial charge in [-0.15, -0.1) is 0 Å². The van der Waals surface area contributed by atoms with Crippen molar-refractivity contribution >= 4 is 63.4 Å². The van der Waals surface area contributed by atoms with Crippen LogP contribution in [0.3, 0.4) is 0 Å². The predicted octanol–water partition coefficient (Wildman–Crippen LogP) is 9.22. The molecule has 5 aromatic rings. The fourth-order valence-electron chi connectivity index (χ4n) is 13.8. The Morgan fingerprint density at radius 1 is 0.763 bits per heavy atom. The van der Waals surface area contributed by atoms with E-state index in [1.165, 1.54) is 25.3 Å². The van der Waals surface area contributed by atoms with Crippen molar-refractivity contribution in [2.75, 3.05) is 54.8 Å². The third-order valence-electron chi connectivity index (χ3n) is 18.4. The number of nitrogens with one attached hydrogen (secondary N) is 3. The Morgan fingerprint density at radius 2 is 1.46 bits per heavy atom. The van der Waals surface area contributed by atoms with E-state index in [0.29, 0.717) is 87.9 Å². The van der Waals surface area contributed by atoms with Crippen LogP contribution in [0, 0.1) is 17.7 Å². The lowest BCUT2D eigenvalue weighted by Crippen LogP contribution is -2.58. The number of anilines is 4. The van der Waals surface area contributed by atoms with E-state index in [2.05, 4.69) is 57.8 Å². The molecular formula is C60H71FN10O5. The van der Waals surface area contributed by atoms with E-state index in [9.17, 15) is 19.2 Å². The van der Waals surface area contributed by atoms with Crippen LogP contribution in [0.2, 0.25) is 0 Å². The zero-order valence-corrected chi connectivity index (χ0v) is 43.9. The molecule has 12 rings (SSSR count). The minimum atomic E-state index is -0.738. The summed E-state index contributed by atoms with van der Waals surface area (Å²) in [5.74, 6) is -0.305. The standard InChI is InChI=1S/C60H71FN10O5/c1-37(2)70-36-62-51-35-50(65-55(54(51)70)64-49-9-5-4-8-48(49)61)41-14-20-47-52(32-41)71(45-33-44(34-45)67-26-6-3-7-27-67)59(76)60(47)24-30-69(31-25-60)58(75)40-22-28-68(29-23-40)57(74)39-12-17-43(18-13-39)63-42-15-10-38(11-16-42)46-19-21-53(72)66-56(46)73/h4-5,8-11,14-16,20,32,35-37,39-40,43-46,63H,3,6-7,12-13,17-19,21-31,33-34H2,1-2H3,(H,64,65)(H,66,72,73)/t39?,43?,44?,45?,46-/m1/s1. The number of hydrogen-bond donors (Lipinski definition) is 3. The summed E-state index contributed by atoms with van der Waals surface area (Å²) in [6.45, 7) is 8.57. The molecule has 3 N–H and O–H groups in total. The van der Waals surface area contributed by atoms with Gasteiger partial charge in [0, 0.05) is 85.5 Å². The van der Waals surface area contributed by atoms with Crippen LogP contribution in [-0.2, 0) is 29.4 Å². The first-order valence-corrected chi connectivity index (χ1v) is 28.3. The van der Waals surface area contributed by atoms with Gasteiger partial charge in [0.25, 0.3) is 0 Å². The van der Waals surface area contributed by atoms with Gasteiger partial charge in [-0.2, -0.15) is 0 Å². The summed E-state index contributed by atoms with van der Waals surface area (Å²) in [6, 6.07) is 23.7. The van der Waals surface area contributed by atoms with Crippen LogP contribution in [-0.4, -0.2) is 116 Å². The maximum atomic E-state index is 15.3. The first-order valence-electron chi connectivity index (χ1n) is 28.3. The van der Waals surface area contributed by atoms with E-state index < -0.39 is 5.41 Å². The Kier molecular flexibility index (Phi) is 13.7. The van der Waals surface area contributed by atoms with Crippen molar-refractivity contribution in [1.29, 1.82) is 0 Å². The average molecular weight is 1030 g/mol. The van der Waals surface area contributed by atoms with Gasteiger partial charge >= 0.3 is 0 Å². The van der Waals surface area contributed by atoms with Crippen LogP contribution in [0.4, 0.5) is 27.3 Å². The third-order valence-corrected chi connectivity index (χ3v) is 18.4. The molecule has 398 valence electrons. The Morgan fingerprint density at radius 3 is 2.16 bits per heavy atom. The summed E-state index contributed by atoms with van der Waals surface area (Å²) < 4.78 is 17.2. The average Bonchev–Trinajstić information content (AvgIpc) is 4.00. The van der Waals surface area contributed by atoms with Crippen molar-refractivity contribution in [3.05, 3.63) is 96.1 Å². The lowest BCUT2D eigenvalue weighted by atomic mass is 9.73. The molecule has 0 bridgehead atoms. The quantitative estimate of drug-likeness (QED) is 0.109. The molecule has 1 spiro atoms. The lowest BCUT2D eigenvalue weighted by Gasteiger charge is -2.48. The molecule has 5 amide bonds. The number of imide groups is 1. The molecule has 2 aliphatic carbocycles. The zero-order valence-electron chi connectivity index (χ0n) is 43.9. The molecule has 5 aliphatic heterocycles. The van der Waals surface area contributed by atoms with Crippen LogP contribution in [0.15, 0.2) is 79.1 Å². The van der Waals surface area contributed by atoms with Crippen molar-refractivity contribution in [2.45, 2.75) is 146 Å². The van der Waals surface area contributed by atoms with Crippen LogP contribution in [0.1, 0.15) is 133 Å². The van der Waals surface area contributed by atoms with Crippen molar-refractivity contribution in [3.8, 4) is 11.3 Å². The molecule has 3 aromatic carbocycles. The number of carbonyl (C=O) groups is 5. The first kappa shape index (κ1) is 50.2. The number of hydrogen-bond acceptors (Lipinski definition) is 10. The topological polar surface area (TPSA) is 165 Å². The maximum absolute atomic E-state index is 15.3. The number of nitrogens with zero attached hydrogens (tertiary/aromatic N) is 7. The van der Waals surface area contributed by atoms with Gasteiger partial charge in [0.15, 0.2) is 5.82 Å². The number of rotatable bonds is 11. The van der Waals surface area contributed by atoms with E-state index in [1.54, 1.807) is 24.5 Å². The van der Waals surface area contributed by atoms with E-state index in [1.807, 2.05) is 44.7 Å². The monoisotopic (exact) mass is 1030 g/mol. The number of amides is 5. The van der Waals surface area contributed by atoms with Gasteiger partial charge < -0.3 is 34.8 Å². The molecular weight excluding hydrogens is 960 g/mol. The molecule has 0 radical (unpaired) electrons. The van der Waals surface area contributed by atoms with E-state index >= 15 is 9.18 Å². The van der Waals surface area contributed by atoms with Crippen LogP contribution in [0.5, 0.6) is 0 Å². The second-order valence-corrected chi connectivity index (χ2v) is 23.2. The molecule has 0 unspecified atom stereocenters. The second kappa shape index (κ2) is 20.7. The van der Waals surface area contributed by atoms with Gasteiger partial charge in [-0.3, -0.25) is 29.3 Å². The highest BCUT2D eigenvalue weighted by molar-refractivity contribution is 6.09. The van der Waals surface area contributed by atoms with E-state index in [4.69, 9.17) is 9.97 Å². The highest BCUT2D eigenvalue weighted by Gasteiger charge is 2.56. The van der Waals surface area contributed by atoms with Crippen molar-refractivity contribution < 1.29 is 28.4 Å².